The van der Waals surface area contributed by atoms with Crippen molar-refractivity contribution < 1.29 is 9.53 Å². The number of carbonyl (C=O) groups excluding carboxylic acids is 1. The highest BCUT2D eigenvalue weighted by molar-refractivity contribution is 5.77. The molecule has 6 nitrogen and oxygen atoms in total. The van der Waals surface area contributed by atoms with E-state index in [1.54, 1.807) is 4.90 Å². The van der Waals surface area contributed by atoms with Crippen LogP contribution in [0.15, 0.2) is 35.1 Å². The van der Waals surface area contributed by atoms with Gasteiger partial charge in [-0.25, -0.2) is 4.68 Å². The zero-order valence-corrected chi connectivity index (χ0v) is 11.8. The summed E-state index contributed by atoms with van der Waals surface area (Å²) in [5.74, 6) is -0.0880. The second-order valence-electron chi connectivity index (χ2n) is 5.04. The van der Waals surface area contributed by atoms with Gasteiger partial charge in [0, 0.05) is 25.8 Å². The summed E-state index contributed by atoms with van der Waals surface area (Å²) in [6, 6.07) is 9.42. The van der Waals surface area contributed by atoms with Crippen LogP contribution in [0.25, 0.3) is 5.69 Å². The summed E-state index contributed by atoms with van der Waals surface area (Å²) in [7, 11) is 1.49. The molecule has 0 saturated carbocycles. The Kier molecular flexibility index (Phi) is 3.62. The van der Waals surface area contributed by atoms with Gasteiger partial charge in [-0.15, -0.1) is 0 Å². The third kappa shape index (κ3) is 2.50. The van der Waals surface area contributed by atoms with Crippen LogP contribution >= 0.6 is 0 Å². The molecule has 3 rings (SSSR count). The molecule has 21 heavy (non-hydrogen) atoms. The summed E-state index contributed by atoms with van der Waals surface area (Å²) >= 11 is 0. The van der Waals surface area contributed by atoms with Gasteiger partial charge in [-0.3, -0.25) is 14.7 Å². The lowest BCUT2D eigenvalue weighted by Gasteiger charge is -2.25. The van der Waals surface area contributed by atoms with E-state index in [9.17, 15) is 9.59 Å². The van der Waals surface area contributed by atoms with Crippen molar-refractivity contribution in [2.24, 2.45) is 0 Å². The van der Waals surface area contributed by atoms with Crippen LogP contribution in [0.4, 0.5) is 0 Å². The first-order chi connectivity index (χ1) is 10.2. The molecule has 6 heteroatoms. The van der Waals surface area contributed by atoms with Crippen molar-refractivity contribution in [3.8, 4) is 5.69 Å². The number of nitrogens with zero attached hydrogens (tertiary/aromatic N) is 2. The van der Waals surface area contributed by atoms with Gasteiger partial charge in [0.05, 0.1) is 17.8 Å². The number of aromatic amines is 1. The summed E-state index contributed by atoms with van der Waals surface area (Å²) in [5.41, 5.74) is 2.28. The van der Waals surface area contributed by atoms with Gasteiger partial charge < -0.3 is 9.64 Å². The first kappa shape index (κ1) is 13.6. The highest BCUT2D eigenvalue weighted by Crippen LogP contribution is 2.16. The minimum atomic E-state index is -0.0916. The summed E-state index contributed by atoms with van der Waals surface area (Å²) in [4.78, 5) is 26.0. The maximum atomic E-state index is 12.5. The Labute approximate surface area is 121 Å². The fraction of sp³-hybridized carbons (Fsp3) is 0.333. The van der Waals surface area contributed by atoms with Crippen molar-refractivity contribution in [3.63, 3.8) is 0 Å². The number of benzene rings is 1. The molecule has 0 unspecified atom stereocenters. The molecule has 1 aromatic heterocycles. The van der Waals surface area contributed by atoms with Gasteiger partial charge >= 0.3 is 0 Å². The Morgan fingerprint density at radius 3 is 2.81 bits per heavy atom. The van der Waals surface area contributed by atoms with Crippen molar-refractivity contribution in [3.05, 3.63) is 51.9 Å². The Morgan fingerprint density at radius 1 is 1.33 bits per heavy atom. The zero-order valence-electron chi connectivity index (χ0n) is 11.8. The van der Waals surface area contributed by atoms with Crippen molar-refractivity contribution in [2.75, 3.05) is 20.3 Å². The number of carbonyl (C=O) groups is 1. The zero-order chi connectivity index (χ0) is 14.8. The summed E-state index contributed by atoms with van der Waals surface area (Å²) in [6.07, 6.45) is 0.653. The van der Waals surface area contributed by atoms with Crippen LogP contribution < -0.4 is 5.56 Å². The number of aromatic nitrogens is 2. The Hall–Kier alpha value is -2.34. The first-order valence-electron chi connectivity index (χ1n) is 6.85. The van der Waals surface area contributed by atoms with Gasteiger partial charge in [-0.1, -0.05) is 18.2 Å². The van der Waals surface area contributed by atoms with E-state index < -0.39 is 0 Å². The average molecular weight is 287 g/mol. The van der Waals surface area contributed by atoms with Crippen molar-refractivity contribution in [1.29, 1.82) is 0 Å². The topological polar surface area (TPSA) is 67.3 Å². The molecule has 0 aliphatic carbocycles. The van der Waals surface area contributed by atoms with E-state index in [-0.39, 0.29) is 18.1 Å². The Bertz CT molecular complexity index is 703. The smallest absolute Gasteiger partial charge is 0.276 e. The van der Waals surface area contributed by atoms with E-state index in [1.165, 1.54) is 11.8 Å². The second-order valence-corrected chi connectivity index (χ2v) is 5.04. The number of methoxy groups -OCH3 is 1. The van der Waals surface area contributed by atoms with Crippen LogP contribution in [-0.2, 0) is 22.5 Å². The monoisotopic (exact) mass is 287 g/mol. The largest absolute Gasteiger partial charge is 0.375 e. The number of hydrogen-bond donors (Lipinski definition) is 1. The van der Waals surface area contributed by atoms with E-state index in [0.29, 0.717) is 25.1 Å². The molecule has 1 aliphatic rings. The number of amides is 1. The van der Waals surface area contributed by atoms with Crippen LogP contribution in [0.2, 0.25) is 0 Å². The van der Waals surface area contributed by atoms with Gasteiger partial charge in [-0.2, -0.15) is 0 Å². The molecule has 2 aromatic rings. The number of H-pyrrole nitrogens is 1. The molecule has 1 N–H and O–H groups in total. The SMILES string of the molecule is COCC(=O)N1CCc2[nH]n(-c3ccccc3)c(=O)c2C1. The van der Waals surface area contributed by atoms with E-state index in [0.717, 1.165) is 11.4 Å². The molecule has 1 aromatic carbocycles. The first-order valence-corrected chi connectivity index (χ1v) is 6.85. The minimum Gasteiger partial charge on any atom is -0.375 e. The second kappa shape index (κ2) is 5.57. The maximum absolute atomic E-state index is 12.5. The predicted molar refractivity (Wildman–Crippen MR) is 77.4 cm³/mol. The third-order valence-electron chi connectivity index (χ3n) is 3.69. The maximum Gasteiger partial charge on any atom is 0.276 e. The molecular weight excluding hydrogens is 270 g/mol. The van der Waals surface area contributed by atoms with Gasteiger partial charge in [-0.05, 0) is 12.1 Å². The lowest BCUT2D eigenvalue weighted by molar-refractivity contribution is -0.136. The van der Waals surface area contributed by atoms with Crippen LogP contribution in [0.3, 0.4) is 0 Å². The molecule has 0 fully saturated rings. The fourth-order valence-corrected chi connectivity index (χ4v) is 2.59. The van der Waals surface area contributed by atoms with Crippen LogP contribution in [0, 0.1) is 0 Å². The highest BCUT2D eigenvalue weighted by Gasteiger charge is 2.25. The van der Waals surface area contributed by atoms with Crippen molar-refractivity contribution in [2.45, 2.75) is 13.0 Å². The molecule has 0 saturated heterocycles. The number of ether oxygens (including phenoxy) is 1. The quantitative estimate of drug-likeness (QED) is 0.903. The number of nitrogens with one attached hydrogen (secondary N) is 1. The molecule has 0 spiro atoms. The molecule has 0 radical (unpaired) electrons. The summed E-state index contributed by atoms with van der Waals surface area (Å²) in [5, 5.41) is 3.14. The normalized spacial score (nSPS) is 14.0. The predicted octanol–water partition coefficient (Wildman–Crippen LogP) is 0.697. The lowest BCUT2D eigenvalue weighted by Crippen LogP contribution is -2.39. The standard InChI is InChI=1S/C15H17N3O3/c1-21-10-14(19)17-8-7-13-12(9-17)15(20)18(16-13)11-5-3-2-4-6-11/h2-6,16H,7-10H2,1H3. The number of hydrogen-bond acceptors (Lipinski definition) is 3. The molecule has 0 atom stereocenters. The third-order valence-corrected chi connectivity index (χ3v) is 3.69. The van der Waals surface area contributed by atoms with Gasteiger partial charge in [0.15, 0.2) is 0 Å². The molecule has 1 aliphatic heterocycles. The fourth-order valence-electron chi connectivity index (χ4n) is 2.59. The van der Waals surface area contributed by atoms with Gasteiger partial charge in [0.25, 0.3) is 5.56 Å². The minimum absolute atomic E-state index is 0.0482. The number of rotatable bonds is 3. The molecule has 0 bridgehead atoms. The molecular formula is C15H17N3O3. The van der Waals surface area contributed by atoms with E-state index >= 15 is 0 Å². The Morgan fingerprint density at radius 2 is 2.10 bits per heavy atom. The summed E-state index contributed by atoms with van der Waals surface area (Å²) < 4.78 is 6.40. The number of para-hydroxylation sites is 1. The molecule has 2 heterocycles. The Balaban J connectivity index is 1.92. The van der Waals surface area contributed by atoms with E-state index in [1.807, 2.05) is 30.3 Å². The van der Waals surface area contributed by atoms with Crippen LogP contribution in [-0.4, -0.2) is 40.8 Å². The van der Waals surface area contributed by atoms with Gasteiger partial charge in [0.2, 0.25) is 5.91 Å². The van der Waals surface area contributed by atoms with E-state index in [2.05, 4.69) is 5.10 Å². The summed E-state index contributed by atoms with van der Waals surface area (Å²) in [6.45, 7) is 0.989. The highest BCUT2D eigenvalue weighted by atomic mass is 16.5. The molecule has 1 amide bonds. The van der Waals surface area contributed by atoms with Crippen molar-refractivity contribution in [1.82, 2.24) is 14.7 Å². The van der Waals surface area contributed by atoms with Crippen molar-refractivity contribution >= 4 is 5.91 Å². The van der Waals surface area contributed by atoms with Crippen LogP contribution in [0.5, 0.6) is 0 Å². The van der Waals surface area contributed by atoms with Gasteiger partial charge in [0.1, 0.15) is 6.61 Å². The number of fused-ring (bicyclic) bond motifs is 1. The molecule has 110 valence electrons. The van der Waals surface area contributed by atoms with E-state index in [4.69, 9.17) is 4.74 Å². The van der Waals surface area contributed by atoms with Crippen LogP contribution in [0.1, 0.15) is 11.3 Å². The lowest BCUT2D eigenvalue weighted by atomic mass is 10.1. The average Bonchev–Trinajstić information content (AvgIpc) is 2.85.